The predicted octanol–water partition coefficient (Wildman–Crippen LogP) is 0.349. The van der Waals surface area contributed by atoms with Gasteiger partial charge in [0, 0.05) is 18.6 Å². The molecule has 0 spiro atoms. The largest absolute Gasteiger partial charge is 0.396 e. The highest BCUT2D eigenvalue weighted by Gasteiger charge is 2.21. The minimum atomic E-state index is -0.586. The third-order valence-electron chi connectivity index (χ3n) is 2.05. The highest BCUT2D eigenvalue weighted by atomic mass is 16.3. The molecule has 0 aromatic heterocycles. The van der Waals surface area contributed by atoms with E-state index >= 15 is 0 Å². The number of aliphatic hydroxyl groups is 2. The molecule has 74 valence electrons. The van der Waals surface area contributed by atoms with Gasteiger partial charge in [-0.3, -0.25) is 0 Å². The Morgan fingerprint density at radius 2 is 1.75 bits per heavy atom. The zero-order chi connectivity index (χ0) is 9.72. The van der Waals surface area contributed by atoms with E-state index < -0.39 is 6.10 Å². The van der Waals surface area contributed by atoms with Crippen molar-refractivity contribution in [3.8, 4) is 0 Å². The number of nitrogens with two attached hydrogens (primary N) is 1. The molecular formula is C9H21NO2. The molecule has 0 aromatic rings. The van der Waals surface area contributed by atoms with Crippen molar-refractivity contribution in [2.75, 3.05) is 6.61 Å². The lowest BCUT2D eigenvalue weighted by Crippen LogP contribution is -2.41. The molecule has 0 heterocycles. The topological polar surface area (TPSA) is 66.5 Å². The Morgan fingerprint density at radius 3 is 2.08 bits per heavy atom. The van der Waals surface area contributed by atoms with Gasteiger partial charge in [0.05, 0.1) is 6.10 Å². The van der Waals surface area contributed by atoms with Crippen LogP contribution in [-0.2, 0) is 0 Å². The Bertz CT molecular complexity index is 117. The summed E-state index contributed by atoms with van der Waals surface area (Å²) < 4.78 is 0. The monoisotopic (exact) mass is 175 g/mol. The van der Waals surface area contributed by atoms with Crippen LogP contribution in [0.2, 0.25) is 0 Å². The molecule has 0 aliphatic rings. The van der Waals surface area contributed by atoms with Gasteiger partial charge in [-0.1, -0.05) is 20.8 Å². The smallest absolute Gasteiger partial charge is 0.0738 e. The van der Waals surface area contributed by atoms with Crippen molar-refractivity contribution < 1.29 is 10.2 Å². The van der Waals surface area contributed by atoms with Crippen LogP contribution in [0.5, 0.6) is 0 Å². The van der Waals surface area contributed by atoms with Crippen LogP contribution in [0.25, 0.3) is 0 Å². The Balaban J connectivity index is 3.83. The lowest BCUT2D eigenvalue weighted by atomic mass is 9.93. The third-order valence-corrected chi connectivity index (χ3v) is 2.05. The number of aliphatic hydroxyl groups excluding tert-OH is 2. The maximum atomic E-state index is 9.55. The average Bonchev–Trinajstić information content (AvgIpc) is 2.00. The molecule has 0 saturated carbocycles. The minimum Gasteiger partial charge on any atom is -0.396 e. The van der Waals surface area contributed by atoms with Gasteiger partial charge in [-0.2, -0.15) is 0 Å². The third kappa shape index (κ3) is 4.04. The van der Waals surface area contributed by atoms with Gasteiger partial charge in [0.15, 0.2) is 0 Å². The van der Waals surface area contributed by atoms with Gasteiger partial charge in [-0.15, -0.1) is 0 Å². The van der Waals surface area contributed by atoms with Crippen LogP contribution >= 0.6 is 0 Å². The van der Waals surface area contributed by atoms with Crippen LogP contribution in [0.4, 0.5) is 0 Å². The van der Waals surface area contributed by atoms with E-state index in [1.807, 2.05) is 0 Å². The van der Waals surface area contributed by atoms with E-state index in [1.54, 1.807) is 6.92 Å². The normalized spacial score (nSPS) is 19.2. The van der Waals surface area contributed by atoms with Crippen molar-refractivity contribution in [1.29, 1.82) is 0 Å². The fourth-order valence-electron chi connectivity index (χ4n) is 1.21. The van der Waals surface area contributed by atoms with Crippen molar-refractivity contribution in [2.24, 2.45) is 17.6 Å². The molecule has 0 aromatic carbocycles. The van der Waals surface area contributed by atoms with Gasteiger partial charge in [-0.25, -0.2) is 0 Å². The SMILES string of the molecule is CC(C)C[C@H](N)[C@@H](O)[C@H](C)CO. The second kappa shape index (κ2) is 5.51. The molecule has 12 heavy (non-hydrogen) atoms. The zero-order valence-corrected chi connectivity index (χ0v) is 8.20. The summed E-state index contributed by atoms with van der Waals surface area (Å²) in [5, 5.41) is 18.3. The summed E-state index contributed by atoms with van der Waals surface area (Å²) in [5.74, 6) is 0.360. The van der Waals surface area contributed by atoms with Crippen LogP contribution in [0.15, 0.2) is 0 Å². The van der Waals surface area contributed by atoms with Crippen LogP contribution in [0, 0.1) is 11.8 Å². The van der Waals surface area contributed by atoms with Crippen molar-refractivity contribution in [3.05, 3.63) is 0 Å². The number of hydrogen-bond acceptors (Lipinski definition) is 3. The second-order valence-electron chi connectivity index (χ2n) is 3.94. The average molecular weight is 175 g/mol. The molecule has 0 unspecified atom stereocenters. The molecule has 4 N–H and O–H groups in total. The standard InChI is InChI=1S/C9H21NO2/c1-6(2)4-8(10)9(12)7(3)5-11/h6-9,11-12H,4-5,10H2,1-3H3/t7-,8+,9+/m1/s1. The van der Waals surface area contributed by atoms with E-state index in [-0.39, 0.29) is 18.6 Å². The van der Waals surface area contributed by atoms with E-state index in [0.29, 0.717) is 5.92 Å². The van der Waals surface area contributed by atoms with Crippen molar-refractivity contribution in [2.45, 2.75) is 39.3 Å². The van der Waals surface area contributed by atoms with Gasteiger partial charge in [-0.05, 0) is 12.3 Å². The summed E-state index contributed by atoms with van der Waals surface area (Å²) in [6.07, 6.45) is 0.211. The van der Waals surface area contributed by atoms with Crippen LogP contribution in [0.3, 0.4) is 0 Å². The number of rotatable bonds is 5. The van der Waals surface area contributed by atoms with E-state index in [0.717, 1.165) is 6.42 Å². The fraction of sp³-hybridized carbons (Fsp3) is 1.00. The van der Waals surface area contributed by atoms with Crippen LogP contribution < -0.4 is 5.73 Å². The molecule has 0 bridgehead atoms. The molecular weight excluding hydrogens is 154 g/mol. The Labute approximate surface area is 74.6 Å². The summed E-state index contributed by atoms with van der Waals surface area (Å²) in [4.78, 5) is 0. The molecule has 0 rings (SSSR count). The van der Waals surface area contributed by atoms with Crippen molar-refractivity contribution in [1.82, 2.24) is 0 Å². The molecule has 0 saturated heterocycles. The van der Waals surface area contributed by atoms with E-state index in [2.05, 4.69) is 13.8 Å². The summed E-state index contributed by atoms with van der Waals surface area (Å²) in [7, 11) is 0. The molecule has 0 aliphatic carbocycles. The first-order chi connectivity index (χ1) is 5.49. The summed E-state index contributed by atoms with van der Waals surface area (Å²) in [5.41, 5.74) is 5.73. The highest BCUT2D eigenvalue weighted by Crippen LogP contribution is 2.12. The summed E-state index contributed by atoms with van der Waals surface area (Å²) in [6, 6.07) is -0.216. The summed E-state index contributed by atoms with van der Waals surface area (Å²) in [6.45, 7) is 5.92. The van der Waals surface area contributed by atoms with E-state index in [4.69, 9.17) is 10.8 Å². The maximum Gasteiger partial charge on any atom is 0.0738 e. The van der Waals surface area contributed by atoms with Crippen LogP contribution in [0.1, 0.15) is 27.2 Å². The molecule has 3 atom stereocenters. The molecule has 3 nitrogen and oxygen atoms in total. The molecule has 0 radical (unpaired) electrons. The molecule has 0 amide bonds. The first-order valence-electron chi connectivity index (χ1n) is 4.53. The second-order valence-corrected chi connectivity index (χ2v) is 3.94. The van der Waals surface area contributed by atoms with Gasteiger partial charge in [0.25, 0.3) is 0 Å². The van der Waals surface area contributed by atoms with Gasteiger partial charge < -0.3 is 15.9 Å². The maximum absolute atomic E-state index is 9.55. The Kier molecular flexibility index (Phi) is 5.46. The van der Waals surface area contributed by atoms with E-state index in [1.165, 1.54) is 0 Å². The lowest BCUT2D eigenvalue weighted by molar-refractivity contribution is 0.0516. The van der Waals surface area contributed by atoms with Crippen molar-refractivity contribution >= 4 is 0 Å². The Morgan fingerprint density at radius 1 is 1.25 bits per heavy atom. The number of hydrogen-bond donors (Lipinski definition) is 3. The molecule has 3 heteroatoms. The zero-order valence-electron chi connectivity index (χ0n) is 8.20. The first-order valence-corrected chi connectivity index (χ1v) is 4.53. The summed E-state index contributed by atoms with van der Waals surface area (Å²) >= 11 is 0. The Hall–Kier alpha value is -0.120. The molecule has 0 fully saturated rings. The van der Waals surface area contributed by atoms with Gasteiger partial charge in [0.1, 0.15) is 0 Å². The predicted molar refractivity (Wildman–Crippen MR) is 49.7 cm³/mol. The lowest BCUT2D eigenvalue weighted by Gasteiger charge is -2.24. The minimum absolute atomic E-state index is 0.00698. The van der Waals surface area contributed by atoms with E-state index in [9.17, 15) is 5.11 Å². The fourth-order valence-corrected chi connectivity index (χ4v) is 1.21. The quantitative estimate of drug-likeness (QED) is 0.565. The molecule has 0 aliphatic heterocycles. The van der Waals surface area contributed by atoms with Crippen molar-refractivity contribution in [3.63, 3.8) is 0 Å². The highest BCUT2D eigenvalue weighted by molar-refractivity contribution is 4.76. The van der Waals surface area contributed by atoms with Gasteiger partial charge in [0.2, 0.25) is 0 Å². The van der Waals surface area contributed by atoms with Crippen LogP contribution in [-0.4, -0.2) is 29.0 Å². The first kappa shape index (κ1) is 11.9. The van der Waals surface area contributed by atoms with Gasteiger partial charge >= 0.3 is 0 Å².